The van der Waals surface area contributed by atoms with Gasteiger partial charge in [0.15, 0.2) is 0 Å². The molecule has 6 rings (SSSR count). The zero-order valence-corrected chi connectivity index (χ0v) is 28.6. The molecule has 0 saturated carbocycles. The van der Waals surface area contributed by atoms with Crippen molar-refractivity contribution in [2.75, 3.05) is 31.8 Å². The number of amides is 2. The maximum Gasteiger partial charge on any atom is 0.262 e. The van der Waals surface area contributed by atoms with E-state index in [9.17, 15) is 4.79 Å². The Balaban J connectivity index is 1.63. The van der Waals surface area contributed by atoms with Gasteiger partial charge in [-0.3, -0.25) is 14.5 Å². The molecule has 3 heterocycles. The number of carbonyl (C=O) groups excluding carboxylic acids is 2. The number of hydrogen-bond acceptors (Lipinski definition) is 5. The van der Waals surface area contributed by atoms with E-state index in [0.717, 1.165) is 22.7 Å². The molecule has 1 fully saturated rings. The van der Waals surface area contributed by atoms with E-state index in [4.69, 9.17) is 33.0 Å². The molecule has 0 bridgehead atoms. The van der Waals surface area contributed by atoms with Gasteiger partial charge >= 0.3 is 0 Å². The third kappa shape index (κ3) is 5.58. The fourth-order valence-corrected chi connectivity index (χ4v) is 8.14. The number of hydrazone groups is 1. The number of piperidine rings is 1. The van der Waals surface area contributed by atoms with Crippen molar-refractivity contribution in [3.05, 3.63) is 98.8 Å². The average molecular weight is 668 g/mol. The summed E-state index contributed by atoms with van der Waals surface area (Å²) in [6, 6.07) is 17.8. The summed E-state index contributed by atoms with van der Waals surface area (Å²) in [7, 11) is 0.248. The number of nitrogens with zero attached hydrogens (tertiary/aromatic N) is 4. The van der Waals surface area contributed by atoms with Crippen LogP contribution in [0.15, 0.2) is 65.8 Å². The third-order valence-corrected chi connectivity index (χ3v) is 11.4. The summed E-state index contributed by atoms with van der Waals surface area (Å²) >= 11 is 13.2. The van der Waals surface area contributed by atoms with Gasteiger partial charge in [-0.05, 0) is 71.6 Å². The number of halogens is 3. The topological polar surface area (TPSA) is 65.5 Å². The van der Waals surface area contributed by atoms with Crippen LogP contribution in [0.2, 0.25) is 35.7 Å². The lowest BCUT2D eigenvalue weighted by Gasteiger charge is -2.54. The SMILES string of the molecule is Cc1ccc(F)cc1[C@H]1N2CC(=O)N(C)N=C2C[C@@H](c2cccc(Cl)c2)[C@]12C(=O)N(COCC[Si](C)(C)C)c1cc(Cl)ccc12. The molecule has 0 radical (unpaired) electrons. The van der Waals surface area contributed by atoms with Gasteiger partial charge in [0.1, 0.15) is 30.3 Å². The Morgan fingerprint density at radius 2 is 1.80 bits per heavy atom. The van der Waals surface area contributed by atoms with Gasteiger partial charge in [-0.25, -0.2) is 9.40 Å². The van der Waals surface area contributed by atoms with Gasteiger partial charge in [-0.2, -0.15) is 5.10 Å². The molecule has 45 heavy (non-hydrogen) atoms. The summed E-state index contributed by atoms with van der Waals surface area (Å²) in [4.78, 5) is 32.2. The van der Waals surface area contributed by atoms with Crippen LogP contribution >= 0.6 is 23.2 Å². The Labute approximate surface area is 274 Å². The Morgan fingerprint density at radius 3 is 2.53 bits per heavy atom. The van der Waals surface area contributed by atoms with E-state index in [1.807, 2.05) is 36.1 Å². The molecule has 0 unspecified atom stereocenters. The molecule has 3 aliphatic heterocycles. The molecule has 0 aliphatic carbocycles. The molecule has 3 aliphatic rings. The van der Waals surface area contributed by atoms with E-state index < -0.39 is 31.3 Å². The first-order chi connectivity index (χ1) is 21.3. The van der Waals surface area contributed by atoms with Crippen molar-refractivity contribution < 1.29 is 18.7 Å². The minimum absolute atomic E-state index is 0.0110. The van der Waals surface area contributed by atoms with Gasteiger partial charge in [-0.1, -0.05) is 67.1 Å². The highest BCUT2D eigenvalue weighted by molar-refractivity contribution is 6.76. The van der Waals surface area contributed by atoms with Crippen LogP contribution in [0.3, 0.4) is 0 Å². The van der Waals surface area contributed by atoms with Crippen molar-refractivity contribution in [1.29, 1.82) is 0 Å². The first kappa shape index (κ1) is 31.7. The number of aryl methyl sites for hydroxylation is 1. The largest absolute Gasteiger partial charge is 0.361 e. The summed E-state index contributed by atoms with van der Waals surface area (Å²) in [6.07, 6.45) is 0.348. The monoisotopic (exact) mass is 666 g/mol. The lowest BCUT2D eigenvalue weighted by atomic mass is 9.58. The van der Waals surface area contributed by atoms with Crippen LogP contribution in [0.4, 0.5) is 10.1 Å². The minimum Gasteiger partial charge on any atom is -0.361 e. The van der Waals surface area contributed by atoms with Crippen molar-refractivity contribution in [3.63, 3.8) is 0 Å². The maximum atomic E-state index is 15.4. The molecule has 1 saturated heterocycles. The maximum absolute atomic E-state index is 15.4. The van der Waals surface area contributed by atoms with Crippen molar-refractivity contribution >= 4 is 54.6 Å². The minimum atomic E-state index is -1.38. The van der Waals surface area contributed by atoms with Crippen LogP contribution in [0.25, 0.3) is 0 Å². The second kappa shape index (κ2) is 11.8. The second-order valence-corrected chi connectivity index (χ2v) is 19.9. The first-order valence-electron chi connectivity index (χ1n) is 15.1. The quantitative estimate of drug-likeness (QED) is 0.195. The predicted molar refractivity (Wildman–Crippen MR) is 179 cm³/mol. The van der Waals surface area contributed by atoms with E-state index in [0.29, 0.717) is 40.2 Å². The number of carbonyl (C=O) groups is 2. The van der Waals surface area contributed by atoms with Crippen LogP contribution in [-0.2, 0) is 19.7 Å². The Hall–Kier alpha value is -3.24. The Bertz CT molecular complexity index is 1710. The van der Waals surface area contributed by atoms with E-state index in [-0.39, 0.29) is 25.1 Å². The number of likely N-dealkylation sites (N-methyl/N-ethyl adjacent to an activating group) is 1. The number of rotatable bonds is 7. The average Bonchev–Trinajstić information content (AvgIpc) is 3.20. The molecule has 11 heteroatoms. The van der Waals surface area contributed by atoms with Crippen LogP contribution < -0.4 is 4.90 Å². The standard InChI is InChI=1S/C34H37Cl2FN4O3Si/c1-21-9-11-25(37)17-26(21)32-34(27-12-10-24(36)16-29(27)41(33(34)43)20-44-13-14-45(3,4)5)28(22-7-6-8-23(35)15-22)18-30-38-39(2)31(42)19-40(30)32/h6-12,15-17,28,32H,13-14,18-20H2,1-5H3/t28-,32+,34-/m0/s1. The second-order valence-electron chi connectivity index (χ2n) is 13.4. The molecule has 1 spiro atoms. The van der Waals surface area contributed by atoms with Crippen molar-refractivity contribution in [1.82, 2.24) is 9.91 Å². The van der Waals surface area contributed by atoms with Gasteiger partial charge in [-0.15, -0.1) is 0 Å². The fourth-order valence-electron chi connectivity index (χ4n) is 7.02. The smallest absolute Gasteiger partial charge is 0.262 e. The number of benzene rings is 3. The van der Waals surface area contributed by atoms with E-state index in [2.05, 4.69) is 19.6 Å². The zero-order valence-electron chi connectivity index (χ0n) is 26.1. The highest BCUT2D eigenvalue weighted by atomic mass is 35.5. The molecule has 0 N–H and O–H groups in total. The zero-order chi connectivity index (χ0) is 32.3. The summed E-state index contributed by atoms with van der Waals surface area (Å²) in [6.45, 7) is 9.29. The Kier molecular flexibility index (Phi) is 8.35. The van der Waals surface area contributed by atoms with Gasteiger partial charge in [0.05, 0.1) is 11.7 Å². The lowest BCUT2D eigenvalue weighted by Crippen LogP contribution is -2.62. The van der Waals surface area contributed by atoms with Gasteiger partial charge in [0, 0.05) is 44.1 Å². The lowest BCUT2D eigenvalue weighted by molar-refractivity contribution is -0.136. The highest BCUT2D eigenvalue weighted by Crippen LogP contribution is 2.62. The molecule has 236 valence electrons. The van der Waals surface area contributed by atoms with E-state index in [1.165, 1.54) is 17.1 Å². The molecule has 3 aromatic rings. The summed E-state index contributed by atoms with van der Waals surface area (Å²) in [5.74, 6) is -0.670. The van der Waals surface area contributed by atoms with Crippen molar-refractivity contribution in [3.8, 4) is 0 Å². The first-order valence-corrected chi connectivity index (χ1v) is 19.6. The van der Waals surface area contributed by atoms with Crippen LogP contribution in [0.1, 0.15) is 40.6 Å². The van der Waals surface area contributed by atoms with Crippen LogP contribution in [-0.4, -0.2) is 62.6 Å². The van der Waals surface area contributed by atoms with Crippen LogP contribution in [0, 0.1) is 12.7 Å². The fraction of sp³-hybridized carbons (Fsp3) is 0.382. The van der Waals surface area contributed by atoms with Gasteiger partial charge < -0.3 is 9.64 Å². The number of amidine groups is 1. The molecular formula is C34H37Cl2FN4O3Si. The van der Waals surface area contributed by atoms with Gasteiger partial charge in [0.25, 0.3) is 5.91 Å². The molecule has 7 nitrogen and oxygen atoms in total. The normalized spacial score (nSPS) is 23.0. The van der Waals surface area contributed by atoms with E-state index in [1.54, 1.807) is 36.2 Å². The summed E-state index contributed by atoms with van der Waals surface area (Å²) < 4.78 is 21.4. The molecular weight excluding hydrogens is 630 g/mol. The van der Waals surface area contributed by atoms with Crippen LogP contribution in [0.5, 0.6) is 0 Å². The molecule has 2 amide bonds. The number of hydrogen-bond donors (Lipinski definition) is 0. The van der Waals surface area contributed by atoms with Crippen molar-refractivity contribution in [2.45, 2.75) is 56.4 Å². The Morgan fingerprint density at radius 1 is 1.04 bits per heavy atom. The highest BCUT2D eigenvalue weighted by Gasteiger charge is 2.65. The summed E-state index contributed by atoms with van der Waals surface area (Å²) in [5, 5.41) is 7.06. The predicted octanol–water partition coefficient (Wildman–Crippen LogP) is 7.35. The molecule has 3 atom stereocenters. The molecule has 0 aromatic heterocycles. The summed E-state index contributed by atoms with van der Waals surface area (Å²) in [5.41, 5.74) is 2.34. The van der Waals surface area contributed by atoms with Gasteiger partial charge in [0.2, 0.25) is 5.91 Å². The van der Waals surface area contributed by atoms with Crippen molar-refractivity contribution in [2.24, 2.45) is 5.10 Å². The molecule has 3 aromatic carbocycles. The number of fused-ring (bicyclic) bond motifs is 3. The third-order valence-electron chi connectivity index (χ3n) is 9.24. The number of anilines is 1. The van der Waals surface area contributed by atoms with E-state index >= 15 is 9.18 Å². The number of ether oxygens (including phenoxy) is 1.